The summed E-state index contributed by atoms with van der Waals surface area (Å²) in [6.07, 6.45) is 2.41. The van der Waals surface area contributed by atoms with Crippen LogP contribution in [0.4, 0.5) is 0 Å². The van der Waals surface area contributed by atoms with E-state index in [0.717, 1.165) is 24.9 Å². The van der Waals surface area contributed by atoms with E-state index < -0.39 is 0 Å². The summed E-state index contributed by atoms with van der Waals surface area (Å²) in [5.41, 5.74) is 1.51. The van der Waals surface area contributed by atoms with Crippen LogP contribution < -0.4 is 5.32 Å². The normalized spacial score (nSPS) is 33.9. The topological polar surface area (TPSA) is 21.3 Å². The Morgan fingerprint density at radius 2 is 2.44 bits per heavy atom. The lowest BCUT2D eigenvalue weighted by molar-refractivity contribution is 0.187. The minimum Gasteiger partial charge on any atom is -0.380 e. The summed E-state index contributed by atoms with van der Waals surface area (Å²) >= 11 is 3.91. The van der Waals surface area contributed by atoms with Crippen LogP contribution in [0, 0.1) is 0 Å². The van der Waals surface area contributed by atoms with E-state index in [0.29, 0.717) is 12.1 Å². The van der Waals surface area contributed by atoms with Crippen molar-refractivity contribution in [1.82, 2.24) is 5.32 Å². The minimum absolute atomic E-state index is 0.546. The highest BCUT2D eigenvalue weighted by molar-refractivity contribution is 8.01. The molecule has 1 aromatic rings. The number of hydrogen-bond acceptors (Lipinski definition) is 4. The quantitative estimate of drug-likeness (QED) is 0.877. The van der Waals surface area contributed by atoms with E-state index in [-0.39, 0.29) is 0 Å². The van der Waals surface area contributed by atoms with Gasteiger partial charge in [-0.1, -0.05) is 6.92 Å². The van der Waals surface area contributed by atoms with Gasteiger partial charge in [-0.3, -0.25) is 0 Å². The van der Waals surface area contributed by atoms with Crippen LogP contribution in [0.3, 0.4) is 0 Å². The first-order chi connectivity index (χ1) is 7.83. The molecule has 0 bridgehead atoms. The number of thioether (sulfide) groups is 1. The van der Waals surface area contributed by atoms with Gasteiger partial charge in [-0.15, -0.1) is 23.1 Å². The second-order valence-electron chi connectivity index (χ2n) is 4.61. The third-order valence-corrected chi connectivity index (χ3v) is 5.62. The molecule has 4 heteroatoms. The second-order valence-corrected chi connectivity index (χ2v) is 7.23. The molecule has 0 aromatic carbocycles. The van der Waals surface area contributed by atoms with Gasteiger partial charge in [0.1, 0.15) is 0 Å². The van der Waals surface area contributed by atoms with Gasteiger partial charge >= 0.3 is 0 Å². The van der Waals surface area contributed by atoms with Crippen LogP contribution in [-0.2, 0) is 4.74 Å². The molecule has 0 aliphatic carbocycles. The Bertz CT molecular complexity index is 360. The Kier molecular flexibility index (Phi) is 3.25. The fourth-order valence-corrected chi connectivity index (χ4v) is 5.02. The molecule has 0 radical (unpaired) electrons. The molecule has 1 aromatic heterocycles. The third-order valence-electron chi connectivity index (χ3n) is 3.28. The molecule has 2 aliphatic heterocycles. The zero-order valence-electron chi connectivity index (χ0n) is 9.44. The molecule has 3 atom stereocenters. The second kappa shape index (κ2) is 4.69. The zero-order valence-corrected chi connectivity index (χ0v) is 11.1. The van der Waals surface area contributed by atoms with Gasteiger partial charge in [0.05, 0.1) is 10.8 Å². The van der Waals surface area contributed by atoms with Gasteiger partial charge in [-0.25, -0.2) is 0 Å². The average Bonchev–Trinajstić information content (AvgIpc) is 2.87. The van der Waals surface area contributed by atoms with E-state index in [4.69, 9.17) is 4.74 Å². The Balaban J connectivity index is 1.75. The fourth-order valence-electron chi connectivity index (χ4n) is 2.46. The van der Waals surface area contributed by atoms with Crippen molar-refractivity contribution in [2.75, 3.05) is 13.2 Å². The SMILES string of the molecule is C[C@H]1CC(NC2CCOC2)c2ccsc2S1. The van der Waals surface area contributed by atoms with Crippen molar-refractivity contribution in [3.8, 4) is 0 Å². The highest BCUT2D eigenvalue weighted by atomic mass is 32.2. The zero-order chi connectivity index (χ0) is 11.0. The first kappa shape index (κ1) is 11.1. The van der Waals surface area contributed by atoms with Crippen molar-refractivity contribution in [1.29, 1.82) is 0 Å². The molecule has 2 aliphatic rings. The average molecular weight is 255 g/mol. The lowest BCUT2D eigenvalue weighted by Gasteiger charge is -2.29. The molecule has 1 N–H and O–H groups in total. The van der Waals surface area contributed by atoms with Crippen molar-refractivity contribution in [3.63, 3.8) is 0 Å². The van der Waals surface area contributed by atoms with Crippen LogP contribution in [0.25, 0.3) is 0 Å². The molecule has 16 heavy (non-hydrogen) atoms. The smallest absolute Gasteiger partial charge is 0.0649 e. The van der Waals surface area contributed by atoms with Crippen molar-refractivity contribution in [2.45, 2.75) is 41.3 Å². The van der Waals surface area contributed by atoms with Gasteiger partial charge in [-0.2, -0.15) is 0 Å². The minimum atomic E-state index is 0.546. The van der Waals surface area contributed by atoms with E-state index >= 15 is 0 Å². The monoisotopic (exact) mass is 255 g/mol. The largest absolute Gasteiger partial charge is 0.380 e. The highest BCUT2D eigenvalue weighted by Gasteiger charge is 2.28. The molecule has 0 amide bonds. The first-order valence-corrected chi connectivity index (χ1v) is 7.66. The number of thiophene rings is 1. The number of hydrogen-bond donors (Lipinski definition) is 1. The van der Waals surface area contributed by atoms with Crippen LogP contribution in [-0.4, -0.2) is 24.5 Å². The van der Waals surface area contributed by atoms with Crippen molar-refractivity contribution < 1.29 is 4.74 Å². The molecule has 2 nitrogen and oxygen atoms in total. The van der Waals surface area contributed by atoms with E-state index in [1.807, 2.05) is 23.1 Å². The molecule has 1 saturated heterocycles. The van der Waals surface area contributed by atoms with E-state index in [1.165, 1.54) is 16.2 Å². The summed E-state index contributed by atoms with van der Waals surface area (Å²) in [6.45, 7) is 4.13. The summed E-state index contributed by atoms with van der Waals surface area (Å²) in [6, 6.07) is 3.39. The summed E-state index contributed by atoms with van der Waals surface area (Å²) in [4.78, 5) is 0. The fraction of sp³-hybridized carbons (Fsp3) is 0.667. The van der Waals surface area contributed by atoms with E-state index in [1.54, 1.807) is 0 Å². The van der Waals surface area contributed by atoms with Gasteiger partial charge in [0.2, 0.25) is 0 Å². The maximum Gasteiger partial charge on any atom is 0.0649 e. The van der Waals surface area contributed by atoms with Crippen molar-refractivity contribution in [3.05, 3.63) is 17.0 Å². The Labute approximate surface area is 105 Å². The predicted molar refractivity (Wildman–Crippen MR) is 69.4 cm³/mol. The Hall–Kier alpha value is -0.0300. The van der Waals surface area contributed by atoms with Crippen LogP contribution >= 0.6 is 23.1 Å². The molecular formula is C12H17NOS2. The number of ether oxygens (including phenoxy) is 1. The predicted octanol–water partition coefficient (Wildman–Crippen LogP) is 3.05. The van der Waals surface area contributed by atoms with Gasteiger partial charge in [0, 0.05) is 23.9 Å². The lowest BCUT2D eigenvalue weighted by atomic mass is 10.0. The molecule has 3 rings (SSSR count). The lowest BCUT2D eigenvalue weighted by Crippen LogP contribution is -2.35. The molecule has 88 valence electrons. The van der Waals surface area contributed by atoms with Crippen LogP contribution in [0.15, 0.2) is 15.7 Å². The van der Waals surface area contributed by atoms with Crippen molar-refractivity contribution >= 4 is 23.1 Å². The highest BCUT2D eigenvalue weighted by Crippen LogP contribution is 2.43. The van der Waals surface area contributed by atoms with Crippen molar-refractivity contribution in [2.24, 2.45) is 0 Å². The van der Waals surface area contributed by atoms with Crippen LogP contribution in [0.2, 0.25) is 0 Å². The molecule has 0 spiro atoms. The van der Waals surface area contributed by atoms with Gasteiger partial charge in [-0.05, 0) is 29.9 Å². The first-order valence-electron chi connectivity index (χ1n) is 5.91. The summed E-state index contributed by atoms with van der Waals surface area (Å²) in [5.74, 6) is 0. The van der Waals surface area contributed by atoms with Gasteiger partial charge < -0.3 is 10.1 Å². The maximum absolute atomic E-state index is 5.43. The molecule has 1 fully saturated rings. The van der Waals surface area contributed by atoms with Gasteiger partial charge in [0.25, 0.3) is 0 Å². The summed E-state index contributed by atoms with van der Waals surface area (Å²) in [7, 11) is 0. The standard InChI is InChI=1S/C12H17NOS2/c1-8-6-11(13-9-2-4-14-7-9)10-3-5-15-12(10)16-8/h3,5,8-9,11,13H,2,4,6-7H2,1H3/t8-,9?,11?/m0/s1. The van der Waals surface area contributed by atoms with Crippen LogP contribution in [0.5, 0.6) is 0 Å². The third kappa shape index (κ3) is 2.16. The maximum atomic E-state index is 5.43. The molecule has 3 heterocycles. The van der Waals surface area contributed by atoms with E-state index in [2.05, 4.69) is 23.7 Å². The Morgan fingerprint density at radius 1 is 1.50 bits per heavy atom. The summed E-state index contributed by atoms with van der Waals surface area (Å²) in [5, 5.41) is 6.70. The number of rotatable bonds is 2. The van der Waals surface area contributed by atoms with E-state index in [9.17, 15) is 0 Å². The van der Waals surface area contributed by atoms with Gasteiger partial charge in [0.15, 0.2) is 0 Å². The molecular weight excluding hydrogens is 238 g/mol. The summed E-state index contributed by atoms with van der Waals surface area (Å²) < 4.78 is 6.94. The number of fused-ring (bicyclic) bond motifs is 1. The number of nitrogens with one attached hydrogen (secondary N) is 1. The molecule has 2 unspecified atom stereocenters. The molecule has 0 saturated carbocycles. The van der Waals surface area contributed by atoms with Crippen LogP contribution in [0.1, 0.15) is 31.4 Å². The Morgan fingerprint density at radius 3 is 3.25 bits per heavy atom.